The predicted molar refractivity (Wildman–Crippen MR) is 121 cm³/mol. The summed E-state index contributed by atoms with van der Waals surface area (Å²) in [6.45, 7) is 9.54. The Morgan fingerprint density at radius 2 is 2.09 bits per heavy atom. The van der Waals surface area contributed by atoms with Gasteiger partial charge in [0.05, 0.1) is 11.8 Å². The molecule has 2 N–H and O–H groups in total. The molecule has 0 bridgehead atoms. The number of nitrogens with two attached hydrogens (primary N) is 1. The zero-order valence-electron chi connectivity index (χ0n) is 19.4. The summed E-state index contributed by atoms with van der Waals surface area (Å²) in [5, 5.41) is 0. The maximum absolute atomic E-state index is 14.1. The largest absolute Gasteiger partial charge is 0.451 e. The smallest absolute Gasteiger partial charge is 0.404 e. The molecule has 1 saturated heterocycles. The van der Waals surface area contributed by atoms with Crippen molar-refractivity contribution in [3.63, 3.8) is 0 Å². The molecule has 1 atom stereocenters. The van der Waals surface area contributed by atoms with Gasteiger partial charge in [-0.15, -0.1) is 0 Å². The fourth-order valence-corrected chi connectivity index (χ4v) is 3.96. The number of aromatic nitrogens is 2. The molecular weight excluding hydrogens is 429 g/mol. The van der Waals surface area contributed by atoms with E-state index in [1.54, 1.807) is 4.90 Å². The standard InChI is InChI=1S/C23H30FN5O4/c1-5-29(15(2)3)21(30)17-10-16(24)6-7-18(17)33-19-11-26-14-27-20(19)28-9-8-23(4,12-28)13-32-22(25)31/h6-7,10-11,14-15H,5,8-9,12-13H2,1-4H3,(H2,25,31)/t23-/m0/s1. The SMILES string of the molecule is CCN(C(=O)c1cc(F)ccc1Oc1cncnc1N1CC[C@](C)(COC(N)=O)C1)C(C)C. The summed E-state index contributed by atoms with van der Waals surface area (Å²) in [6, 6.07) is 3.80. The van der Waals surface area contributed by atoms with Gasteiger partial charge in [-0.25, -0.2) is 19.2 Å². The lowest BCUT2D eigenvalue weighted by molar-refractivity contribution is 0.0713. The summed E-state index contributed by atoms with van der Waals surface area (Å²) in [6.07, 6.45) is 2.86. The Labute approximate surface area is 192 Å². The Hall–Kier alpha value is -3.43. The van der Waals surface area contributed by atoms with Crippen LogP contribution in [0, 0.1) is 11.2 Å². The highest BCUT2D eigenvalue weighted by Gasteiger charge is 2.37. The number of ether oxygens (including phenoxy) is 2. The Kier molecular flexibility index (Phi) is 7.35. The molecule has 0 spiro atoms. The van der Waals surface area contributed by atoms with Crippen LogP contribution in [-0.4, -0.2) is 59.2 Å². The van der Waals surface area contributed by atoms with E-state index in [-0.39, 0.29) is 35.3 Å². The molecule has 3 rings (SSSR count). The fraction of sp³-hybridized carbons (Fsp3) is 0.478. The highest BCUT2D eigenvalue weighted by atomic mass is 19.1. The fourth-order valence-electron chi connectivity index (χ4n) is 3.96. The van der Waals surface area contributed by atoms with Gasteiger partial charge in [-0.3, -0.25) is 4.79 Å². The van der Waals surface area contributed by atoms with Crippen molar-refractivity contribution in [2.24, 2.45) is 11.1 Å². The summed E-state index contributed by atoms with van der Waals surface area (Å²) in [5.41, 5.74) is 4.94. The van der Waals surface area contributed by atoms with Gasteiger partial charge in [-0.1, -0.05) is 6.92 Å². The number of amides is 2. The zero-order valence-corrected chi connectivity index (χ0v) is 19.4. The average Bonchev–Trinajstić information content (AvgIpc) is 3.16. The van der Waals surface area contributed by atoms with Crippen molar-refractivity contribution in [3.05, 3.63) is 42.1 Å². The number of primary amides is 1. The van der Waals surface area contributed by atoms with Gasteiger partial charge in [0.1, 0.15) is 24.5 Å². The average molecular weight is 460 g/mol. The molecular formula is C23H30FN5O4. The molecule has 1 fully saturated rings. The molecule has 2 amide bonds. The lowest BCUT2D eigenvalue weighted by Crippen LogP contribution is -2.36. The van der Waals surface area contributed by atoms with Crippen LogP contribution >= 0.6 is 0 Å². The number of hydrogen-bond donors (Lipinski definition) is 1. The number of rotatable bonds is 8. The first-order valence-corrected chi connectivity index (χ1v) is 10.9. The lowest BCUT2D eigenvalue weighted by atomic mass is 9.91. The normalized spacial score (nSPS) is 17.8. The molecule has 1 aromatic carbocycles. The van der Waals surface area contributed by atoms with Crippen LogP contribution in [0.5, 0.6) is 11.5 Å². The lowest BCUT2D eigenvalue weighted by Gasteiger charge is -2.27. The van der Waals surface area contributed by atoms with Crippen LogP contribution in [0.4, 0.5) is 15.0 Å². The molecule has 1 aliphatic heterocycles. The molecule has 0 unspecified atom stereocenters. The van der Waals surface area contributed by atoms with E-state index in [9.17, 15) is 14.0 Å². The second-order valence-electron chi connectivity index (χ2n) is 8.73. The maximum atomic E-state index is 14.1. The van der Waals surface area contributed by atoms with E-state index < -0.39 is 11.9 Å². The third-order valence-corrected chi connectivity index (χ3v) is 5.70. The highest BCUT2D eigenvalue weighted by Crippen LogP contribution is 2.38. The number of anilines is 1. The van der Waals surface area contributed by atoms with E-state index >= 15 is 0 Å². The molecule has 0 saturated carbocycles. The summed E-state index contributed by atoms with van der Waals surface area (Å²) < 4.78 is 25.1. The summed E-state index contributed by atoms with van der Waals surface area (Å²) in [5.74, 6) is 0.241. The Balaban J connectivity index is 1.88. The first kappa shape index (κ1) is 24.2. The van der Waals surface area contributed by atoms with Crippen LogP contribution in [0.25, 0.3) is 0 Å². The monoisotopic (exact) mass is 459 g/mol. The molecule has 1 aromatic heterocycles. The minimum Gasteiger partial charge on any atom is -0.451 e. The third kappa shape index (κ3) is 5.68. The Morgan fingerprint density at radius 1 is 1.33 bits per heavy atom. The van der Waals surface area contributed by atoms with Gasteiger partial charge in [0.2, 0.25) is 0 Å². The van der Waals surface area contributed by atoms with Gasteiger partial charge >= 0.3 is 6.09 Å². The van der Waals surface area contributed by atoms with Gasteiger partial charge in [0, 0.05) is 31.1 Å². The van der Waals surface area contributed by atoms with E-state index in [1.165, 1.54) is 30.7 Å². The quantitative estimate of drug-likeness (QED) is 0.642. The third-order valence-electron chi connectivity index (χ3n) is 5.70. The van der Waals surface area contributed by atoms with E-state index in [0.29, 0.717) is 31.2 Å². The van der Waals surface area contributed by atoms with Crippen molar-refractivity contribution in [3.8, 4) is 11.5 Å². The van der Waals surface area contributed by atoms with E-state index in [1.807, 2.05) is 32.6 Å². The second-order valence-corrected chi connectivity index (χ2v) is 8.73. The van der Waals surface area contributed by atoms with Crippen LogP contribution in [0.1, 0.15) is 44.5 Å². The first-order valence-electron chi connectivity index (χ1n) is 10.9. The second kappa shape index (κ2) is 10.0. The minimum atomic E-state index is -0.809. The van der Waals surface area contributed by atoms with E-state index in [4.69, 9.17) is 15.2 Å². The van der Waals surface area contributed by atoms with Crippen molar-refractivity contribution >= 4 is 17.8 Å². The molecule has 1 aliphatic rings. The van der Waals surface area contributed by atoms with Gasteiger partial charge in [0.25, 0.3) is 5.91 Å². The van der Waals surface area contributed by atoms with Crippen LogP contribution in [0.15, 0.2) is 30.7 Å². The molecule has 10 heteroatoms. The summed E-state index contributed by atoms with van der Waals surface area (Å²) >= 11 is 0. The van der Waals surface area contributed by atoms with Crippen LogP contribution in [-0.2, 0) is 4.74 Å². The van der Waals surface area contributed by atoms with Crippen LogP contribution in [0.3, 0.4) is 0 Å². The molecule has 0 aliphatic carbocycles. The number of benzene rings is 1. The van der Waals surface area contributed by atoms with Crippen molar-refractivity contribution < 1.29 is 23.5 Å². The highest BCUT2D eigenvalue weighted by molar-refractivity contribution is 5.97. The zero-order chi connectivity index (χ0) is 24.2. The Morgan fingerprint density at radius 3 is 2.76 bits per heavy atom. The van der Waals surface area contributed by atoms with Crippen molar-refractivity contribution in [1.29, 1.82) is 0 Å². The van der Waals surface area contributed by atoms with E-state index in [2.05, 4.69) is 9.97 Å². The van der Waals surface area contributed by atoms with Crippen molar-refractivity contribution in [2.75, 3.05) is 31.1 Å². The molecule has 9 nitrogen and oxygen atoms in total. The van der Waals surface area contributed by atoms with Crippen LogP contribution < -0.4 is 15.4 Å². The summed E-state index contributed by atoms with van der Waals surface area (Å²) in [7, 11) is 0. The van der Waals surface area contributed by atoms with Crippen LogP contribution in [0.2, 0.25) is 0 Å². The Bertz CT molecular complexity index is 1020. The molecule has 178 valence electrons. The predicted octanol–water partition coefficient (Wildman–Crippen LogP) is 3.59. The maximum Gasteiger partial charge on any atom is 0.404 e. The van der Waals surface area contributed by atoms with Crippen molar-refractivity contribution in [2.45, 2.75) is 40.2 Å². The number of hydrogen-bond acceptors (Lipinski definition) is 7. The molecule has 2 heterocycles. The van der Waals surface area contributed by atoms with Gasteiger partial charge in [-0.2, -0.15) is 0 Å². The van der Waals surface area contributed by atoms with Crippen molar-refractivity contribution in [1.82, 2.24) is 14.9 Å². The van der Waals surface area contributed by atoms with Gasteiger partial charge in [-0.05, 0) is 45.4 Å². The van der Waals surface area contributed by atoms with Gasteiger partial charge in [0.15, 0.2) is 11.6 Å². The topological polar surface area (TPSA) is 111 Å². The molecule has 2 aromatic rings. The van der Waals surface area contributed by atoms with Gasteiger partial charge < -0.3 is 25.0 Å². The minimum absolute atomic E-state index is 0.0564. The van der Waals surface area contributed by atoms with E-state index in [0.717, 1.165) is 6.42 Å². The number of carbonyl (C=O) groups excluding carboxylic acids is 2. The molecule has 33 heavy (non-hydrogen) atoms. The number of nitrogens with zero attached hydrogens (tertiary/aromatic N) is 4. The molecule has 0 radical (unpaired) electrons. The first-order chi connectivity index (χ1) is 15.6. The summed E-state index contributed by atoms with van der Waals surface area (Å²) in [4.78, 5) is 36.2. The number of halogens is 1. The number of carbonyl (C=O) groups is 2.